The summed E-state index contributed by atoms with van der Waals surface area (Å²) in [5.74, 6) is 1.03. The molecule has 5 rings (SSSR count). The number of hydrogen-bond acceptors (Lipinski definition) is 5. The second-order valence-electron chi connectivity index (χ2n) is 13.0. The molecule has 0 aromatic carbocycles. The van der Waals surface area contributed by atoms with Gasteiger partial charge in [0.15, 0.2) is 0 Å². The van der Waals surface area contributed by atoms with Crippen LogP contribution in [0.25, 0.3) is 0 Å². The van der Waals surface area contributed by atoms with Crippen molar-refractivity contribution < 1.29 is 9.59 Å². The number of nitrogens with zero attached hydrogens (tertiary/aromatic N) is 3. The van der Waals surface area contributed by atoms with Crippen molar-refractivity contribution in [1.82, 2.24) is 15.5 Å². The van der Waals surface area contributed by atoms with Crippen molar-refractivity contribution in [2.45, 2.75) is 108 Å². The van der Waals surface area contributed by atoms with Gasteiger partial charge in [-0.05, 0) is 81.4 Å². The monoisotopic (exact) mass is 571 g/mol. The highest BCUT2D eigenvalue weighted by Crippen LogP contribution is 2.54. The van der Waals surface area contributed by atoms with Crippen molar-refractivity contribution in [3.05, 3.63) is 59.0 Å². The van der Waals surface area contributed by atoms with Crippen molar-refractivity contribution >= 4 is 24.7 Å². The summed E-state index contributed by atoms with van der Waals surface area (Å²) in [7, 11) is 0. The van der Waals surface area contributed by atoms with Gasteiger partial charge in [-0.1, -0.05) is 75.8 Å². The number of rotatable bonds is 9. The van der Waals surface area contributed by atoms with Crippen LogP contribution in [0.3, 0.4) is 0 Å². The molecule has 3 heterocycles. The number of nitrogens with one attached hydrogen (secondary N) is 2. The largest absolute Gasteiger partial charge is 0.330 e. The van der Waals surface area contributed by atoms with Gasteiger partial charge in [0, 0.05) is 19.3 Å². The van der Waals surface area contributed by atoms with Crippen molar-refractivity contribution in [2.75, 3.05) is 19.6 Å². The van der Waals surface area contributed by atoms with E-state index in [0.717, 1.165) is 57.1 Å². The molecule has 5 aliphatic rings. The van der Waals surface area contributed by atoms with E-state index in [1.165, 1.54) is 36.8 Å². The Balaban J connectivity index is 1.33. The molecule has 1 saturated heterocycles. The van der Waals surface area contributed by atoms with E-state index in [0.29, 0.717) is 31.8 Å². The topological polar surface area (TPSA) is 86.2 Å². The maximum Gasteiger partial charge on any atom is 0.243 e. The number of carbonyl (C=O) groups excluding carboxylic acids is 2. The fourth-order valence-electron chi connectivity index (χ4n) is 7.69. The highest BCUT2D eigenvalue weighted by molar-refractivity contribution is 5.94. The molecular weight excluding hydrogens is 522 g/mol. The van der Waals surface area contributed by atoms with Crippen LogP contribution in [0.5, 0.6) is 0 Å². The zero-order chi connectivity index (χ0) is 29.6. The first-order valence-corrected chi connectivity index (χ1v) is 16.1. The lowest BCUT2D eigenvalue weighted by Gasteiger charge is -2.53. The third-order valence-corrected chi connectivity index (χ3v) is 10.3. The van der Waals surface area contributed by atoms with Gasteiger partial charge < -0.3 is 15.5 Å². The second-order valence-corrected chi connectivity index (χ2v) is 13.0. The molecule has 2 amide bonds. The fourth-order valence-corrected chi connectivity index (χ4v) is 7.69. The molecule has 42 heavy (non-hydrogen) atoms. The number of amides is 2. The van der Waals surface area contributed by atoms with Crippen LogP contribution < -0.4 is 10.6 Å². The van der Waals surface area contributed by atoms with Gasteiger partial charge in [0.1, 0.15) is 5.82 Å². The molecule has 0 aromatic heterocycles. The summed E-state index contributed by atoms with van der Waals surface area (Å²) in [6.45, 7) is 10.0. The molecule has 3 aliphatic heterocycles. The first-order valence-electron chi connectivity index (χ1n) is 16.1. The molecule has 3 fully saturated rings. The molecule has 2 spiro atoms. The van der Waals surface area contributed by atoms with Gasteiger partial charge in [0.25, 0.3) is 0 Å². The molecule has 0 bridgehead atoms. The summed E-state index contributed by atoms with van der Waals surface area (Å²) in [6, 6.07) is 0. The lowest BCUT2D eigenvalue weighted by molar-refractivity contribution is -0.150. The van der Waals surface area contributed by atoms with Crippen LogP contribution in [-0.2, 0) is 9.59 Å². The molecule has 2 unspecified atom stereocenters. The van der Waals surface area contributed by atoms with Crippen LogP contribution in [0, 0.1) is 5.41 Å². The van der Waals surface area contributed by atoms with E-state index in [-0.39, 0.29) is 17.4 Å². The van der Waals surface area contributed by atoms with E-state index in [1.54, 1.807) is 6.21 Å². The molecule has 2 atom stereocenters. The van der Waals surface area contributed by atoms with Gasteiger partial charge in [0.2, 0.25) is 11.8 Å². The van der Waals surface area contributed by atoms with Crippen LogP contribution in [-0.4, -0.2) is 60.4 Å². The van der Waals surface area contributed by atoms with Gasteiger partial charge in [-0.15, -0.1) is 0 Å². The molecule has 226 valence electrons. The number of aliphatic imine (C=N–C) groups is 2. The Morgan fingerprint density at radius 2 is 1.86 bits per heavy atom. The summed E-state index contributed by atoms with van der Waals surface area (Å²) < 4.78 is 0. The summed E-state index contributed by atoms with van der Waals surface area (Å²) in [5, 5.41) is 6.77. The Labute approximate surface area is 252 Å². The maximum atomic E-state index is 14.0. The molecule has 2 aliphatic carbocycles. The average molecular weight is 572 g/mol. The predicted octanol–water partition coefficient (Wildman–Crippen LogP) is 6.11. The van der Waals surface area contributed by atoms with Crippen LogP contribution in [0.15, 0.2) is 69.0 Å². The number of unbranched alkanes of at least 4 members (excludes halogenated alkanes) is 1. The summed E-state index contributed by atoms with van der Waals surface area (Å²) in [4.78, 5) is 38.1. The summed E-state index contributed by atoms with van der Waals surface area (Å²) in [5.41, 5.74) is 2.34. The summed E-state index contributed by atoms with van der Waals surface area (Å²) in [6.07, 6.45) is 27.5. The quantitative estimate of drug-likeness (QED) is 0.259. The third kappa shape index (κ3) is 5.90. The summed E-state index contributed by atoms with van der Waals surface area (Å²) >= 11 is 0. The Morgan fingerprint density at radius 1 is 1.10 bits per heavy atom. The van der Waals surface area contributed by atoms with Crippen LogP contribution in [0.2, 0.25) is 0 Å². The van der Waals surface area contributed by atoms with E-state index in [2.05, 4.69) is 76.5 Å². The number of carbonyl (C=O) groups is 2. The zero-order valence-electron chi connectivity index (χ0n) is 25.7. The Morgan fingerprint density at radius 3 is 2.60 bits per heavy atom. The van der Waals surface area contributed by atoms with E-state index in [4.69, 9.17) is 0 Å². The van der Waals surface area contributed by atoms with Gasteiger partial charge in [0.05, 0.1) is 23.0 Å². The predicted molar refractivity (Wildman–Crippen MR) is 172 cm³/mol. The lowest BCUT2D eigenvalue weighted by atomic mass is 9.77. The van der Waals surface area contributed by atoms with E-state index < -0.39 is 11.0 Å². The van der Waals surface area contributed by atoms with Gasteiger partial charge >= 0.3 is 0 Å². The number of hydrogen-bond donors (Lipinski definition) is 2. The van der Waals surface area contributed by atoms with Gasteiger partial charge in [-0.2, -0.15) is 0 Å². The third-order valence-electron chi connectivity index (χ3n) is 10.3. The minimum Gasteiger partial charge on any atom is -0.330 e. The van der Waals surface area contributed by atoms with Crippen molar-refractivity contribution in [3.63, 3.8) is 0 Å². The van der Waals surface area contributed by atoms with Crippen LogP contribution >= 0.6 is 0 Å². The fraction of sp³-hybridized carbons (Fsp3) is 0.600. The minimum absolute atomic E-state index is 0.0494. The minimum atomic E-state index is -0.577. The standard InChI is InChI=1S/C35H49N5O2/c1-4-5-18-33(2)32(42)40(34(26-38-33)19-11-6-7-12-20-34)23-14-8-9-15-27-24-35(25-28(27)17-22-36-3)29-16-10-13-21-37-30(29)39-31(35)41/h8,10,13-15,17,21,38H,3-7,9,11-12,16,18-20,22-26H2,1-2H3,(H,39,41)/b14-8+,27-15-,28-17-. The van der Waals surface area contributed by atoms with Crippen molar-refractivity contribution in [2.24, 2.45) is 15.4 Å². The maximum absolute atomic E-state index is 14.0. The van der Waals surface area contributed by atoms with Gasteiger partial charge in [-0.25, -0.2) is 4.99 Å². The molecule has 0 radical (unpaired) electrons. The van der Waals surface area contributed by atoms with Crippen molar-refractivity contribution in [1.29, 1.82) is 0 Å². The van der Waals surface area contributed by atoms with Crippen LogP contribution in [0.1, 0.15) is 97.3 Å². The molecule has 0 aromatic rings. The molecule has 7 heteroatoms. The highest BCUT2D eigenvalue weighted by Gasteiger charge is 2.53. The highest BCUT2D eigenvalue weighted by atomic mass is 16.2. The molecule has 2 saturated carbocycles. The first-order chi connectivity index (χ1) is 20.4. The number of allylic oxidation sites excluding steroid dienone is 6. The smallest absolute Gasteiger partial charge is 0.243 e. The Bertz CT molecular complexity index is 1250. The normalized spacial score (nSPS) is 31.0. The lowest BCUT2D eigenvalue weighted by Crippen LogP contribution is -2.72. The zero-order valence-corrected chi connectivity index (χ0v) is 25.7. The van der Waals surface area contributed by atoms with E-state index >= 15 is 0 Å². The average Bonchev–Trinajstić information content (AvgIpc) is 3.21. The second kappa shape index (κ2) is 13.1. The molecule has 7 nitrogen and oxygen atoms in total. The van der Waals surface area contributed by atoms with Gasteiger partial charge in [-0.3, -0.25) is 14.6 Å². The van der Waals surface area contributed by atoms with E-state index in [9.17, 15) is 9.59 Å². The Kier molecular flexibility index (Phi) is 9.46. The van der Waals surface area contributed by atoms with Crippen LogP contribution in [0.4, 0.5) is 0 Å². The molecular formula is C35H49N5O2. The first kappa shape index (κ1) is 30.4. The Hall–Kier alpha value is -3.06. The SMILES string of the molecule is C=NC/C=C1/CC2(C/C1=C/C/C=C/CN1C(=O)C(C)(CCCC)NCC13CCCCCC3)C(=O)NC1=C2CC=CC=N1. The molecule has 2 N–H and O–H groups in total. The number of fused-ring (bicyclic) bond motifs is 1. The van der Waals surface area contributed by atoms with E-state index in [1.807, 2.05) is 6.08 Å². The van der Waals surface area contributed by atoms with Crippen molar-refractivity contribution in [3.8, 4) is 0 Å². The number of piperazine rings is 1.